The molecule has 7 nitrogen and oxygen atoms in total. The number of aromatic amines is 1. The van der Waals surface area contributed by atoms with E-state index in [4.69, 9.17) is 4.74 Å². The summed E-state index contributed by atoms with van der Waals surface area (Å²) in [5.74, 6) is 0. The predicted octanol–water partition coefficient (Wildman–Crippen LogP) is 0.626. The molecule has 0 radical (unpaired) electrons. The monoisotopic (exact) mass is 316 g/mol. The van der Waals surface area contributed by atoms with Gasteiger partial charge in [0.2, 0.25) is 10.0 Å². The van der Waals surface area contributed by atoms with Crippen LogP contribution < -0.4 is 5.32 Å². The summed E-state index contributed by atoms with van der Waals surface area (Å²) in [6.07, 6.45) is 2.30. The summed E-state index contributed by atoms with van der Waals surface area (Å²) in [7, 11) is -0.453. The smallest absolute Gasteiger partial charge is 0.246 e. The van der Waals surface area contributed by atoms with Crippen LogP contribution in [0.2, 0.25) is 0 Å². The number of likely N-dealkylation sites (N-methyl/N-ethyl adjacent to an activating group) is 1. The fourth-order valence-electron chi connectivity index (χ4n) is 2.19. The van der Waals surface area contributed by atoms with Gasteiger partial charge in [0.15, 0.2) is 0 Å². The average molecular weight is 316 g/mol. The van der Waals surface area contributed by atoms with Crippen LogP contribution in [0.4, 0.5) is 0 Å². The van der Waals surface area contributed by atoms with Crippen molar-refractivity contribution in [2.24, 2.45) is 0 Å². The van der Waals surface area contributed by atoms with Crippen molar-refractivity contribution in [3.63, 3.8) is 0 Å². The van der Waals surface area contributed by atoms with Gasteiger partial charge in [-0.1, -0.05) is 0 Å². The van der Waals surface area contributed by atoms with Crippen molar-refractivity contribution in [1.29, 1.82) is 0 Å². The molecule has 2 N–H and O–H groups in total. The molecule has 0 aliphatic heterocycles. The first-order chi connectivity index (χ1) is 9.87. The molecule has 0 spiro atoms. The number of aromatic nitrogens is 2. The third-order valence-electron chi connectivity index (χ3n) is 3.76. The molecule has 1 aliphatic rings. The molecule has 1 unspecified atom stereocenters. The van der Waals surface area contributed by atoms with E-state index < -0.39 is 10.0 Å². The maximum Gasteiger partial charge on any atom is 0.246 e. The molecule has 120 valence electrons. The Kier molecular flexibility index (Phi) is 5.03. The summed E-state index contributed by atoms with van der Waals surface area (Å²) in [6, 6.07) is 0.265. The number of nitrogens with zero attached hydrogens (tertiary/aromatic N) is 2. The number of H-pyrrole nitrogens is 1. The summed E-state index contributed by atoms with van der Waals surface area (Å²) in [6.45, 7) is 4.37. The minimum Gasteiger partial charge on any atom is -0.383 e. The molecule has 0 saturated heterocycles. The van der Waals surface area contributed by atoms with Crippen molar-refractivity contribution in [1.82, 2.24) is 19.8 Å². The van der Waals surface area contributed by atoms with Crippen molar-refractivity contribution >= 4 is 10.0 Å². The molecule has 1 aromatic heterocycles. The van der Waals surface area contributed by atoms with Crippen LogP contribution in [0.3, 0.4) is 0 Å². The molecule has 1 aromatic rings. The van der Waals surface area contributed by atoms with Crippen LogP contribution in [0.15, 0.2) is 4.90 Å². The molecule has 21 heavy (non-hydrogen) atoms. The maximum absolute atomic E-state index is 12.8. The van der Waals surface area contributed by atoms with E-state index in [1.807, 2.05) is 6.92 Å². The maximum atomic E-state index is 12.8. The van der Waals surface area contributed by atoms with Crippen molar-refractivity contribution in [2.75, 3.05) is 20.8 Å². The number of methoxy groups -OCH3 is 1. The zero-order chi connectivity index (χ0) is 15.6. The Morgan fingerprint density at radius 1 is 1.52 bits per heavy atom. The third-order valence-corrected chi connectivity index (χ3v) is 5.94. The van der Waals surface area contributed by atoms with E-state index in [0.29, 0.717) is 30.6 Å². The number of rotatable bonds is 8. The van der Waals surface area contributed by atoms with Crippen LogP contribution in [-0.2, 0) is 21.3 Å². The molecule has 1 heterocycles. The van der Waals surface area contributed by atoms with Gasteiger partial charge in [-0.15, -0.1) is 0 Å². The highest BCUT2D eigenvalue weighted by molar-refractivity contribution is 7.89. The minimum atomic E-state index is -3.59. The van der Waals surface area contributed by atoms with Crippen LogP contribution in [0, 0.1) is 6.92 Å². The fourth-order valence-corrected chi connectivity index (χ4v) is 3.86. The molecular weight excluding hydrogens is 292 g/mol. The van der Waals surface area contributed by atoms with Gasteiger partial charge in [-0.3, -0.25) is 5.10 Å². The van der Waals surface area contributed by atoms with Gasteiger partial charge in [0, 0.05) is 32.8 Å². The topological polar surface area (TPSA) is 87.3 Å². The molecule has 0 aromatic carbocycles. The van der Waals surface area contributed by atoms with Gasteiger partial charge in [-0.05, 0) is 26.7 Å². The Bertz CT molecular complexity index is 580. The summed E-state index contributed by atoms with van der Waals surface area (Å²) < 4.78 is 32.0. The van der Waals surface area contributed by atoms with Gasteiger partial charge < -0.3 is 10.1 Å². The van der Waals surface area contributed by atoms with Crippen molar-refractivity contribution in [3.05, 3.63) is 11.4 Å². The molecule has 0 bridgehead atoms. The van der Waals surface area contributed by atoms with Crippen molar-refractivity contribution in [3.8, 4) is 0 Å². The van der Waals surface area contributed by atoms with E-state index in [2.05, 4.69) is 15.5 Å². The van der Waals surface area contributed by atoms with Gasteiger partial charge >= 0.3 is 0 Å². The summed E-state index contributed by atoms with van der Waals surface area (Å²) in [5, 5.41) is 10.2. The van der Waals surface area contributed by atoms with E-state index in [1.165, 1.54) is 4.31 Å². The Morgan fingerprint density at radius 3 is 2.76 bits per heavy atom. The number of aryl methyl sites for hydroxylation is 1. The second-order valence-electron chi connectivity index (χ2n) is 5.61. The van der Waals surface area contributed by atoms with Gasteiger partial charge in [0.05, 0.1) is 18.0 Å². The quantitative estimate of drug-likeness (QED) is 0.734. The SMILES string of the molecule is COCC(C)N(C)S(=O)(=O)c1c(CNC2CC2)n[nH]c1C. The average Bonchev–Trinajstić information content (AvgIpc) is 3.18. The molecule has 2 rings (SSSR count). The lowest BCUT2D eigenvalue weighted by Gasteiger charge is -2.24. The van der Waals surface area contributed by atoms with Crippen molar-refractivity contribution in [2.45, 2.75) is 50.2 Å². The lowest BCUT2D eigenvalue weighted by molar-refractivity contribution is 0.149. The standard InChI is InChI=1S/C13H24N4O3S/c1-9(8-20-4)17(3)21(18,19)13-10(2)15-16-12(13)7-14-11-5-6-11/h9,11,14H,5-8H2,1-4H3,(H,15,16). The van der Waals surface area contributed by atoms with Crippen LogP contribution in [0.25, 0.3) is 0 Å². The number of nitrogens with one attached hydrogen (secondary N) is 2. The highest BCUT2D eigenvalue weighted by atomic mass is 32.2. The number of hydrogen-bond acceptors (Lipinski definition) is 5. The van der Waals surface area contributed by atoms with E-state index in [1.54, 1.807) is 21.1 Å². The van der Waals surface area contributed by atoms with Gasteiger partial charge in [0.1, 0.15) is 4.90 Å². The first kappa shape index (κ1) is 16.4. The Labute approximate surface area is 126 Å². The van der Waals surface area contributed by atoms with Crippen LogP contribution in [0.1, 0.15) is 31.2 Å². The predicted molar refractivity (Wildman–Crippen MR) is 79.5 cm³/mol. The minimum absolute atomic E-state index is 0.237. The molecule has 1 aliphatic carbocycles. The summed E-state index contributed by atoms with van der Waals surface area (Å²) >= 11 is 0. The lowest BCUT2D eigenvalue weighted by atomic mass is 10.3. The largest absolute Gasteiger partial charge is 0.383 e. The Hall–Kier alpha value is -0.960. The normalized spacial score (nSPS) is 17.4. The van der Waals surface area contributed by atoms with Crippen LogP contribution in [0.5, 0.6) is 0 Å². The second-order valence-corrected chi connectivity index (χ2v) is 7.54. The molecule has 8 heteroatoms. The molecule has 1 fully saturated rings. The molecule has 1 saturated carbocycles. The van der Waals surface area contributed by atoms with E-state index in [0.717, 1.165) is 12.8 Å². The zero-order valence-electron chi connectivity index (χ0n) is 13.0. The van der Waals surface area contributed by atoms with Crippen LogP contribution >= 0.6 is 0 Å². The highest BCUT2D eigenvalue weighted by Gasteiger charge is 2.32. The fraction of sp³-hybridized carbons (Fsp3) is 0.769. The van der Waals surface area contributed by atoms with Crippen molar-refractivity contribution < 1.29 is 13.2 Å². The third kappa shape index (κ3) is 3.63. The highest BCUT2D eigenvalue weighted by Crippen LogP contribution is 2.24. The Balaban J connectivity index is 2.23. The zero-order valence-corrected chi connectivity index (χ0v) is 13.8. The number of sulfonamides is 1. The van der Waals surface area contributed by atoms with Gasteiger partial charge in [0.25, 0.3) is 0 Å². The molecular formula is C13H24N4O3S. The lowest BCUT2D eigenvalue weighted by Crippen LogP contribution is -2.38. The van der Waals surface area contributed by atoms with E-state index in [-0.39, 0.29) is 10.9 Å². The molecule has 1 atom stereocenters. The second kappa shape index (κ2) is 6.43. The van der Waals surface area contributed by atoms with Gasteiger partial charge in [-0.2, -0.15) is 9.40 Å². The number of hydrogen-bond donors (Lipinski definition) is 2. The Morgan fingerprint density at radius 2 is 2.19 bits per heavy atom. The van der Waals surface area contributed by atoms with E-state index in [9.17, 15) is 8.42 Å². The summed E-state index contributed by atoms with van der Waals surface area (Å²) in [5.41, 5.74) is 1.12. The molecule has 0 amide bonds. The van der Waals surface area contributed by atoms with Crippen LogP contribution in [-0.4, -0.2) is 55.8 Å². The first-order valence-corrected chi connectivity index (χ1v) is 8.56. The summed E-state index contributed by atoms with van der Waals surface area (Å²) in [4.78, 5) is 0.279. The van der Waals surface area contributed by atoms with E-state index >= 15 is 0 Å². The first-order valence-electron chi connectivity index (χ1n) is 7.12. The van der Waals surface area contributed by atoms with Gasteiger partial charge in [-0.25, -0.2) is 8.42 Å². The number of ether oxygens (including phenoxy) is 1.